The molecule has 3 nitrogen and oxygen atoms in total. The van der Waals surface area contributed by atoms with Crippen molar-refractivity contribution in [1.82, 2.24) is 0 Å². The third kappa shape index (κ3) is 6.40. The molecule has 0 fully saturated rings. The molecule has 1 aromatic carbocycles. The van der Waals surface area contributed by atoms with Gasteiger partial charge in [0.25, 0.3) is 0 Å². The van der Waals surface area contributed by atoms with E-state index in [1.54, 1.807) is 0 Å². The molecule has 0 spiro atoms. The Labute approximate surface area is 134 Å². The molecule has 20 heavy (non-hydrogen) atoms. The van der Waals surface area contributed by atoms with Crippen molar-refractivity contribution in [3.05, 3.63) is 23.8 Å². The summed E-state index contributed by atoms with van der Waals surface area (Å²) < 4.78 is 12.3. The average Bonchev–Trinajstić information content (AvgIpc) is 2.22. The molecule has 0 aromatic heterocycles. The van der Waals surface area contributed by atoms with E-state index in [0.717, 1.165) is 17.1 Å². The van der Waals surface area contributed by atoms with Crippen LogP contribution in [0.5, 0.6) is 11.5 Å². The van der Waals surface area contributed by atoms with Gasteiger partial charge in [0.05, 0.1) is 0 Å². The fourth-order valence-corrected chi connectivity index (χ4v) is 4.20. The van der Waals surface area contributed by atoms with Gasteiger partial charge in [0, 0.05) is 0 Å². The summed E-state index contributed by atoms with van der Waals surface area (Å²) in [6.07, 6.45) is 0. The molecule has 0 N–H and O–H groups in total. The van der Waals surface area contributed by atoms with Gasteiger partial charge in [-0.05, 0) is 0 Å². The van der Waals surface area contributed by atoms with Crippen molar-refractivity contribution in [2.45, 2.75) is 39.3 Å². The van der Waals surface area contributed by atoms with Gasteiger partial charge in [-0.3, -0.25) is 0 Å². The van der Waals surface area contributed by atoms with E-state index in [1.165, 1.54) is 0 Å². The summed E-state index contributed by atoms with van der Waals surface area (Å²) in [4.78, 5) is 14.0. The third-order valence-electron chi connectivity index (χ3n) is 2.13. The monoisotopic (exact) mass is 423 g/mol. The molecule has 1 rings (SSSR count). The second-order valence-corrected chi connectivity index (χ2v) is 17.5. The summed E-state index contributed by atoms with van der Waals surface area (Å²) in [7, 11) is -3.39. The number of hydrogen-bond acceptors (Lipinski definition) is 3. The van der Waals surface area contributed by atoms with Gasteiger partial charge >= 0.3 is 135 Å². The van der Waals surface area contributed by atoms with E-state index in [1.807, 2.05) is 23.1 Å². The number of carbonyl (C=O) groups excluding carboxylic acids is 1. The zero-order chi connectivity index (χ0) is 15.6. The van der Waals surface area contributed by atoms with Crippen molar-refractivity contribution >= 4 is 20.4 Å². The van der Waals surface area contributed by atoms with Gasteiger partial charge in [0.1, 0.15) is 0 Å². The first-order valence-electron chi connectivity index (χ1n) is 6.57. The summed E-state index contributed by atoms with van der Waals surface area (Å²) in [6, 6.07) is 5.64. The van der Waals surface area contributed by atoms with Crippen LogP contribution in [0.4, 0.5) is 0 Å². The number of alkyl halides is 1. The standard InChI is InChI=1S/C14H24IO3Si2/c1-15-14(16)11-8-12(17-19(2,3)4)10-13(9-11)18-20(5,6)7/h8-10H,1-7H3/q-1. The first kappa shape index (κ1) is 17.7. The van der Waals surface area contributed by atoms with E-state index in [4.69, 9.17) is 8.85 Å². The molecule has 0 aliphatic carbocycles. The van der Waals surface area contributed by atoms with Gasteiger partial charge in [0.15, 0.2) is 0 Å². The Morgan fingerprint density at radius 3 is 1.60 bits per heavy atom. The molecule has 0 amide bonds. The van der Waals surface area contributed by atoms with Crippen molar-refractivity contribution in [2.75, 3.05) is 4.93 Å². The molecule has 0 saturated carbocycles. The number of carbonyl (C=O) groups is 1. The van der Waals surface area contributed by atoms with Crippen LogP contribution in [0.15, 0.2) is 18.2 Å². The van der Waals surface area contributed by atoms with E-state index >= 15 is 0 Å². The summed E-state index contributed by atoms with van der Waals surface area (Å²) in [5, 5.41) is 0. The van der Waals surface area contributed by atoms with Crippen LogP contribution in [0.3, 0.4) is 0 Å². The summed E-state index contributed by atoms with van der Waals surface area (Å²) in [5.74, 6) is 1.53. The van der Waals surface area contributed by atoms with Crippen LogP contribution < -0.4 is 30.1 Å². The molecule has 0 bridgehead atoms. The third-order valence-corrected chi connectivity index (χ3v) is 5.43. The van der Waals surface area contributed by atoms with Gasteiger partial charge in [-0.25, -0.2) is 0 Å². The zero-order valence-electron chi connectivity index (χ0n) is 13.3. The average molecular weight is 423 g/mol. The molecular formula is C14H24IO3Si2-. The van der Waals surface area contributed by atoms with Crippen LogP contribution in [0, 0.1) is 0 Å². The molecular weight excluding hydrogens is 399 g/mol. The first-order chi connectivity index (χ1) is 9.00. The quantitative estimate of drug-likeness (QED) is 0.296. The van der Waals surface area contributed by atoms with E-state index in [-0.39, 0.29) is 3.79 Å². The molecule has 0 aliphatic rings. The first-order valence-corrected chi connectivity index (χ1v) is 16.6. The Hall–Kier alpha value is -0.346. The zero-order valence-corrected chi connectivity index (χ0v) is 17.5. The molecule has 1 aromatic rings. The SMILES string of the molecule is C[I-]C(=O)c1cc(O[Si](C)(C)C)cc(O[Si](C)(C)C)c1. The molecule has 6 heteroatoms. The number of rotatable bonds is 6. The Kier molecular flexibility index (Phi) is 5.85. The van der Waals surface area contributed by atoms with Gasteiger partial charge in [-0.1, -0.05) is 0 Å². The number of hydrogen-bond donors (Lipinski definition) is 0. The van der Waals surface area contributed by atoms with Gasteiger partial charge < -0.3 is 0 Å². The van der Waals surface area contributed by atoms with E-state index in [9.17, 15) is 4.79 Å². The second-order valence-electron chi connectivity index (χ2n) is 6.58. The fraction of sp³-hybridized carbons (Fsp3) is 0.500. The molecule has 0 saturated heterocycles. The van der Waals surface area contributed by atoms with Crippen molar-refractivity contribution < 1.29 is 34.9 Å². The van der Waals surface area contributed by atoms with Crippen molar-refractivity contribution in [3.8, 4) is 11.5 Å². The Balaban J connectivity index is 3.17. The normalized spacial score (nSPS) is 12.3. The topological polar surface area (TPSA) is 35.5 Å². The van der Waals surface area contributed by atoms with Gasteiger partial charge in [-0.15, -0.1) is 0 Å². The molecule has 0 radical (unpaired) electrons. The Morgan fingerprint density at radius 2 is 1.30 bits per heavy atom. The van der Waals surface area contributed by atoms with Crippen LogP contribution in [0.2, 0.25) is 39.3 Å². The maximum absolute atomic E-state index is 12.0. The second kappa shape index (κ2) is 6.61. The minimum absolute atomic E-state index is 0.227. The molecule has 0 aliphatic heterocycles. The molecule has 0 atom stereocenters. The maximum atomic E-state index is 12.0. The number of halogens is 1. The van der Waals surface area contributed by atoms with Crippen LogP contribution in [-0.2, 0) is 0 Å². The predicted octanol–water partition coefficient (Wildman–Crippen LogP) is 0.973. The van der Waals surface area contributed by atoms with Crippen LogP contribution in [0.25, 0.3) is 0 Å². The van der Waals surface area contributed by atoms with Crippen LogP contribution in [-0.4, -0.2) is 25.4 Å². The van der Waals surface area contributed by atoms with Crippen molar-refractivity contribution in [3.63, 3.8) is 0 Å². The number of benzene rings is 1. The van der Waals surface area contributed by atoms with Gasteiger partial charge in [-0.2, -0.15) is 0 Å². The fourth-order valence-electron chi connectivity index (χ4n) is 1.62. The summed E-state index contributed by atoms with van der Waals surface area (Å²) in [5.41, 5.74) is 0.726. The summed E-state index contributed by atoms with van der Waals surface area (Å²) in [6.45, 7) is 12.8. The van der Waals surface area contributed by atoms with E-state index in [0.29, 0.717) is 0 Å². The molecule has 0 heterocycles. The Bertz CT molecular complexity index is 456. The Morgan fingerprint density at radius 1 is 0.900 bits per heavy atom. The predicted molar refractivity (Wildman–Crippen MR) is 84.6 cm³/mol. The van der Waals surface area contributed by atoms with Crippen LogP contribution >= 0.6 is 0 Å². The summed E-state index contributed by atoms with van der Waals surface area (Å²) >= 11 is -0.455. The van der Waals surface area contributed by atoms with Crippen LogP contribution in [0.1, 0.15) is 10.4 Å². The molecule has 114 valence electrons. The van der Waals surface area contributed by atoms with Crippen molar-refractivity contribution in [2.24, 2.45) is 0 Å². The van der Waals surface area contributed by atoms with E-state index < -0.39 is 37.8 Å². The van der Waals surface area contributed by atoms with E-state index in [2.05, 4.69) is 39.3 Å². The minimum atomic E-state index is -1.69. The molecule has 0 unspecified atom stereocenters. The van der Waals surface area contributed by atoms with Crippen molar-refractivity contribution in [1.29, 1.82) is 0 Å². The van der Waals surface area contributed by atoms with Gasteiger partial charge in [0.2, 0.25) is 0 Å².